The number of methoxy groups -OCH3 is 1. The summed E-state index contributed by atoms with van der Waals surface area (Å²) in [6, 6.07) is 8.80. The molecule has 0 spiro atoms. The van der Waals surface area contributed by atoms with E-state index < -0.39 is 21.3 Å². The second kappa shape index (κ2) is 7.09. The van der Waals surface area contributed by atoms with Crippen LogP contribution >= 0.6 is 0 Å². The fourth-order valence-corrected chi connectivity index (χ4v) is 5.73. The maximum atomic E-state index is 13.3. The average molecular weight is 440 g/mol. The van der Waals surface area contributed by atoms with E-state index in [4.69, 9.17) is 4.74 Å². The standard InChI is InChI=1S/C23H25N3O4S/c1-26-12-9-17-19(26)7-4-8-20(17)31(28,29)25-22(27)23(10-11-23)18-13-16(15-5-3-6-15)14-24-21(18)30-2/h4,7-9,12-15H,3,5-6,10-11H2,1-2H3,(H,25,27). The van der Waals surface area contributed by atoms with Crippen LogP contribution in [-0.4, -0.2) is 31.0 Å². The second-order valence-corrected chi connectivity index (χ2v) is 10.2. The van der Waals surface area contributed by atoms with E-state index in [2.05, 4.69) is 9.71 Å². The first kappa shape index (κ1) is 20.1. The molecule has 2 aliphatic carbocycles. The maximum Gasteiger partial charge on any atom is 0.264 e. The van der Waals surface area contributed by atoms with E-state index in [9.17, 15) is 13.2 Å². The number of carbonyl (C=O) groups excluding carboxylic acids is 1. The summed E-state index contributed by atoms with van der Waals surface area (Å²) in [6.07, 6.45) is 8.17. The number of pyridine rings is 1. The van der Waals surface area contributed by atoms with Gasteiger partial charge in [-0.05, 0) is 61.4 Å². The molecular weight excluding hydrogens is 414 g/mol. The lowest BCUT2D eigenvalue weighted by Gasteiger charge is -2.27. The van der Waals surface area contributed by atoms with Crippen LogP contribution in [-0.2, 0) is 27.3 Å². The zero-order valence-electron chi connectivity index (χ0n) is 17.6. The molecule has 0 radical (unpaired) electrons. The number of nitrogens with one attached hydrogen (secondary N) is 1. The fourth-order valence-electron chi connectivity index (χ4n) is 4.47. The van der Waals surface area contributed by atoms with Crippen LogP contribution in [0.1, 0.15) is 49.1 Å². The SMILES string of the molecule is COc1ncc(C2CCC2)cc1C1(C(=O)NS(=O)(=O)c2cccc3c2ccn3C)CC1. The van der Waals surface area contributed by atoms with E-state index in [1.165, 1.54) is 19.6 Å². The van der Waals surface area contributed by atoms with Crippen molar-refractivity contribution < 1.29 is 17.9 Å². The van der Waals surface area contributed by atoms with Crippen molar-refractivity contribution in [3.05, 3.63) is 53.9 Å². The normalized spacial score (nSPS) is 17.9. The Hall–Kier alpha value is -2.87. The predicted molar refractivity (Wildman–Crippen MR) is 117 cm³/mol. The minimum absolute atomic E-state index is 0.100. The van der Waals surface area contributed by atoms with Crippen molar-refractivity contribution >= 4 is 26.8 Å². The van der Waals surface area contributed by atoms with Gasteiger partial charge in [-0.1, -0.05) is 12.5 Å². The number of hydrogen-bond acceptors (Lipinski definition) is 5. The van der Waals surface area contributed by atoms with Gasteiger partial charge in [0.25, 0.3) is 10.0 Å². The number of fused-ring (bicyclic) bond motifs is 1. The first-order chi connectivity index (χ1) is 14.9. The third kappa shape index (κ3) is 3.20. The minimum atomic E-state index is -4.04. The van der Waals surface area contributed by atoms with Gasteiger partial charge in [-0.2, -0.15) is 0 Å². The molecule has 1 aromatic carbocycles. The van der Waals surface area contributed by atoms with Gasteiger partial charge in [0.05, 0.1) is 17.4 Å². The lowest BCUT2D eigenvalue weighted by molar-refractivity contribution is -0.121. The molecule has 0 atom stereocenters. The topological polar surface area (TPSA) is 90.3 Å². The molecule has 0 aliphatic heterocycles. The summed E-state index contributed by atoms with van der Waals surface area (Å²) < 4.78 is 36.0. The molecule has 7 nitrogen and oxygen atoms in total. The number of aromatic nitrogens is 2. The van der Waals surface area contributed by atoms with Crippen LogP contribution in [0.3, 0.4) is 0 Å². The van der Waals surface area contributed by atoms with Crippen molar-refractivity contribution in [1.82, 2.24) is 14.3 Å². The van der Waals surface area contributed by atoms with Gasteiger partial charge in [-0.3, -0.25) is 4.79 Å². The van der Waals surface area contributed by atoms with Crippen molar-refractivity contribution in [1.29, 1.82) is 0 Å². The Labute approximate surface area is 181 Å². The first-order valence-electron chi connectivity index (χ1n) is 10.5. The number of amides is 1. The first-order valence-corrected chi connectivity index (χ1v) is 12.0. The molecule has 0 saturated heterocycles. The number of hydrogen-bond donors (Lipinski definition) is 1. The molecule has 31 heavy (non-hydrogen) atoms. The van der Waals surface area contributed by atoms with Gasteiger partial charge in [0.15, 0.2) is 0 Å². The van der Waals surface area contributed by atoms with Crippen LogP contribution in [0.25, 0.3) is 10.9 Å². The molecule has 0 bridgehead atoms. The number of aryl methyl sites for hydroxylation is 1. The van der Waals surface area contributed by atoms with Crippen LogP contribution in [0.4, 0.5) is 0 Å². The smallest absolute Gasteiger partial charge is 0.264 e. The van der Waals surface area contributed by atoms with Gasteiger partial charge in [0, 0.05) is 35.9 Å². The van der Waals surface area contributed by atoms with E-state index in [0.29, 0.717) is 35.6 Å². The van der Waals surface area contributed by atoms with Gasteiger partial charge in [0.2, 0.25) is 11.8 Å². The summed E-state index contributed by atoms with van der Waals surface area (Å²) in [5.41, 5.74) is 1.65. The summed E-state index contributed by atoms with van der Waals surface area (Å²) >= 11 is 0. The molecule has 8 heteroatoms. The molecule has 2 heterocycles. The number of sulfonamides is 1. The van der Waals surface area contributed by atoms with Crippen LogP contribution in [0.5, 0.6) is 5.88 Å². The van der Waals surface area contributed by atoms with Crippen LogP contribution in [0, 0.1) is 0 Å². The van der Waals surface area contributed by atoms with Gasteiger partial charge < -0.3 is 9.30 Å². The largest absolute Gasteiger partial charge is 0.481 e. The summed E-state index contributed by atoms with van der Waals surface area (Å²) in [5, 5.41) is 0.585. The Morgan fingerprint density at radius 1 is 1.26 bits per heavy atom. The van der Waals surface area contributed by atoms with Crippen molar-refractivity contribution in [3.8, 4) is 5.88 Å². The number of carbonyl (C=O) groups is 1. The third-order valence-corrected chi connectivity index (χ3v) is 8.14. The summed E-state index contributed by atoms with van der Waals surface area (Å²) in [5.74, 6) is 0.319. The van der Waals surface area contributed by atoms with Gasteiger partial charge in [-0.25, -0.2) is 18.1 Å². The minimum Gasteiger partial charge on any atom is -0.481 e. The monoisotopic (exact) mass is 439 g/mol. The Bertz CT molecular complexity index is 1290. The fraction of sp³-hybridized carbons (Fsp3) is 0.391. The van der Waals surface area contributed by atoms with E-state index in [1.807, 2.05) is 29.9 Å². The lowest BCUT2D eigenvalue weighted by atomic mass is 9.79. The van der Waals surface area contributed by atoms with Gasteiger partial charge in [0.1, 0.15) is 0 Å². The van der Waals surface area contributed by atoms with E-state index in [1.54, 1.807) is 18.3 Å². The highest BCUT2D eigenvalue weighted by Crippen LogP contribution is 2.52. The Balaban J connectivity index is 1.49. The van der Waals surface area contributed by atoms with Crippen molar-refractivity contribution in [2.45, 2.75) is 48.3 Å². The predicted octanol–water partition coefficient (Wildman–Crippen LogP) is 3.39. The summed E-state index contributed by atoms with van der Waals surface area (Å²) in [4.78, 5) is 17.8. The van der Waals surface area contributed by atoms with Gasteiger partial charge >= 0.3 is 0 Å². The number of benzene rings is 1. The molecule has 3 aromatic rings. The highest BCUT2D eigenvalue weighted by Gasteiger charge is 2.54. The van der Waals surface area contributed by atoms with E-state index in [-0.39, 0.29) is 4.90 Å². The molecule has 2 fully saturated rings. The molecule has 0 unspecified atom stereocenters. The summed E-state index contributed by atoms with van der Waals surface area (Å²) in [7, 11) is -0.662. The zero-order valence-corrected chi connectivity index (χ0v) is 18.4. The quantitative estimate of drug-likeness (QED) is 0.636. The Kier molecular flexibility index (Phi) is 4.58. The highest BCUT2D eigenvalue weighted by molar-refractivity contribution is 7.90. The average Bonchev–Trinajstić information content (AvgIpc) is 3.44. The number of nitrogens with zero attached hydrogens (tertiary/aromatic N) is 2. The molecule has 2 aliphatic rings. The molecule has 162 valence electrons. The maximum absolute atomic E-state index is 13.3. The summed E-state index contributed by atoms with van der Waals surface area (Å²) in [6.45, 7) is 0. The third-order valence-electron chi connectivity index (χ3n) is 6.75. The highest BCUT2D eigenvalue weighted by atomic mass is 32.2. The molecule has 1 amide bonds. The van der Waals surface area contributed by atoms with Crippen LogP contribution in [0.15, 0.2) is 47.6 Å². The zero-order chi connectivity index (χ0) is 21.8. The van der Waals surface area contributed by atoms with Crippen molar-refractivity contribution in [3.63, 3.8) is 0 Å². The van der Waals surface area contributed by atoms with Crippen LogP contribution in [0.2, 0.25) is 0 Å². The molecular formula is C23H25N3O4S. The molecule has 2 aromatic heterocycles. The second-order valence-electron chi connectivity index (χ2n) is 8.59. The number of rotatable bonds is 6. The molecule has 1 N–H and O–H groups in total. The van der Waals surface area contributed by atoms with Crippen molar-refractivity contribution in [2.75, 3.05) is 7.11 Å². The number of ether oxygens (including phenoxy) is 1. The Morgan fingerprint density at radius 2 is 2.03 bits per heavy atom. The molecule has 5 rings (SSSR count). The lowest BCUT2D eigenvalue weighted by Crippen LogP contribution is -2.39. The van der Waals surface area contributed by atoms with Crippen LogP contribution < -0.4 is 9.46 Å². The van der Waals surface area contributed by atoms with E-state index in [0.717, 1.165) is 23.9 Å². The van der Waals surface area contributed by atoms with E-state index >= 15 is 0 Å². The van der Waals surface area contributed by atoms with Crippen molar-refractivity contribution in [2.24, 2.45) is 7.05 Å². The Morgan fingerprint density at radius 3 is 2.68 bits per heavy atom. The molecule has 2 saturated carbocycles. The van der Waals surface area contributed by atoms with Gasteiger partial charge in [-0.15, -0.1) is 0 Å².